The van der Waals surface area contributed by atoms with Crippen molar-refractivity contribution in [2.75, 3.05) is 6.61 Å². The lowest BCUT2D eigenvalue weighted by molar-refractivity contribution is 0.273. The first kappa shape index (κ1) is 20.6. The van der Waals surface area contributed by atoms with E-state index >= 15 is 0 Å². The Bertz CT molecular complexity index is 506. The molecule has 0 heterocycles. The number of benzene rings is 2. The summed E-state index contributed by atoms with van der Waals surface area (Å²) in [7, 11) is -2.68. The summed E-state index contributed by atoms with van der Waals surface area (Å²) in [5, 5.41) is 0. The van der Waals surface area contributed by atoms with E-state index in [0.717, 1.165) is 12.8 Å². The second kappa shape index (κ2) is 14.0. The molecule has 0 amide bonds. The molecule has 0 fully saturated rings. The van der Waals surface area contributed by atoms with Gasteiger partial charge in [0.25, 0.3) is 0 Å². The highest BCUT2D eigenvalue weighted by Crippen LogP contribution is 2.17. The summed E-state index contributed by atoms with van der Waals surface area (Å²) in [6, 6.07) is 20.8. The van der Waals surface area contributed by atoms with E-state index < -0.39 is 8.25 Å². The summed E-state index contributed by atoms with van der Waals surface area (Å²) in [6.45, 7) is 2.61. The largest absolute Gasteiger partial charge is 0.326 e. The lowest BCUT2D eigenvalue weighted by Gasteiger charge is -1.99. The standard InChI is InChI=1S/C12H10.C8H19O3P/c1-3-7-11(8-4-1)12-9-5-2-6-10-12;1-2-3-4-5-6-7-8-11-12(9)10/h1-10H;12H,2-8H2,1H3,(H,9,10). The van der Waals surface area contributed by atoms with Gasteiger partial charge in [-0.1, -0.05) is 99.7 Å². The van der Waals surface area contributed by atoms with E-state index in [-0.39, 0.29) is 0 Å². The Kier molecular flexibility index (Phi) is 12.0. The fourth-order valence-electron chi connectivity index (χ4n) is 2.30. The van der Waals surface area contributed by atoms with E-state index in [1.54, 1.807) is 0 Å². The minimum atomic E-state index is -2.68. The van der Waals surface area contributed by atoms with Crippen LogP contribution in [0, 0.1) is 0 Å². The van der Waals surface area contributed by atoms with Gasteiger partial charge in [-0.2, -0.15) is 0 Å². The maximum absolute atomic E-state index is 10.1. The maximum Gasteiger partial charge on any atom is 0.316 e. The minimum absolute atomic E-state index is 0.431. The molecule has 0 saturated carbocycles. The van der Waals surface area contributed by atoms with Crippen LogP contribution >= 0.6 is 8.25 Å². The first-order chi connectivity index (χ1) is 11.7. The van der Waals surface area contributed by atoms with E-state index in [9.17, 15) is 4.57 Å². The molecule has 132 valence electrons. The van der Waals surface area contributed by atoms with E-state index in [2.05, 4.69) is 60.0 Å². The third kappa shape index (κ3) is 10.4. The zero-order valence-corrected chi connectivity index (χ0v) is 15.5. The molecule has 2 aromatic carbocycles. The summed E-state index contributed by atoms with van der Waals surface area (Å²) < 4.78 is 14.6. The highest BCUT2D eigenvalue weighted by molar-refractivity contribution is 7.32. The molecule has 0 spiro atoms. The summed E-state index contributed by atoms with van der Waals surface area (Å²) in [6.07, 6.45) is 7.03. The van der Waals surface area contributed by atoms with Crippen molar-refractivity contribution >= 4 is 8.25 Å². The van der Waals surface area contributed by atoms with E-state index in [0.29, 0.717) is 6.61 Å². The molecular formula is C20H29O3P. The normalized spacial score (nSPS) is 11.4. The van der Waals surface area contributed by atoms with Crippen molar-refractivity contribution in [3.05, 3.63) is 60.7 Å². The van der Waals surface area contributed by atoms with Crippen molar-refractivity contribution < 1.29 is 14.0 Å². The zero-order valence-electron chi connectivity index (χ0n) is 14.5. The Morgan fingerprint density at radius 3 is 1.71 bits per heavy atom. The van der Waals surface area contributed by atoms with Crippen LogP contribution in [0.2, 0.25) is 0 Å². The van der Waals surface area contributed by atoms with Gasteiger partial charge in [0.15, 0.2) is 0 Å². The first-order valence-electron chi connectivity index (χ1n) is 8.70. The summed E-state index contributed by atoms with van der Waals surface area (Å²) in [5.74, 6) is 0. The zero-order chi connectivity index (χ0) is 17.5. The molecule has 3 nitrogen and oxygen atoms in total. The van der Waals surface area contributed by atoms with Crippen LogP contribution in [-0.2, 0) is 9.09 Å². The Morgan fingerprint density at radius 2 is 1.25 bits per heavy atom. The van der Waals surface area contributed by atoms with Gasteiger partial charge in [0.1, 0.15) is 0 Å². The molecule has 2 aromatic rings. The van der Waals surface area contributed by atoms with Gasteiger partial charge < -0.3 is 9.42 Å². The minimum Gasteiger partial charge on any atom is -0.326 e. The van der Waals surface area contributed by atoms with Crippen molar-refractivity contribution in [3.8, 4) is 11.1 Å². The molecular weight excluding hydrogens is 319 g/mol. The number of rotatable bonds is 9. The topological polar surface area (TPSA) is 46.5 Å². The van der Waals surface area contributed by atoms with Gasteiger partial charge in [-0.25, -0.2) is 0 Å². The number of hydrogen-bond donors (Lipinski definition) is 1. The monoisotopic (exact) mass is 348 g/mol. The van der Waals surface area contributed by atoms with Crippen molar-refractivity contribution in [1.82, 2.24) is 0 Å². The first-order valence-corrected chi connectivity index (χ1v) is 9.96. The molecule has 0 aliphatic carbocycles. The fraction of sp³-hybridized carbons (Fsp3) is 0.400. The fourth-order valence-corrected chi connectivity index (χ4v) is 2.62. The predicted octanol–water partition coefficient (Wildman–Crippen LogP) is 6.10. The Hall–Kier alpha value is -1.41. The Balaban J connectivity index is 0.000000240. The van der Waals surface area contributed by atoms with Crippen molar-refractivity contribution in [1.29, 1.82) is 0 Å². The van der Waals surface area contributed by atoms with Crippen LogP contribution in [0.15, 0.2) is 60.7 Å². The highest BCUT2D eigenvalue weighted by Gasteiger charge is 1.93. The SMILES string of the molecule is CCCCCCCCO[PH](=O)O.c1ccc(-c2ccccc2)cc1. The molecule has 2 rings (SSSR count). The molecule has 1 atom stereocenters. The average molecular weight is 348 g/mol. The van der Waals surface area contributed by atoms with Gasteiger partial charge in [-0.3, -0.25) is 4.57 Å². The molecule has 0 radical (unpaired) electrons. The van der Waals surface area contributed by atoms with Crippen molar-refractivity contribution in [2.45, 2.75) is 45.4 Å². The third-order valence-electron chi connectivity index (χ3n) is 3.60. The molecule has 1 unspecified atom stereocenters. The van der Waals surface area contributed by atoms with Crippen LogP contribution in [-0.4, -0.2) is 11.5 Å². The number of unbranched alkanes of at least 4 members (excludes halogenated alkanes) is 5. The molecule has 0 aromatic heterocycles. The van der Waals surface area contributed by atoms with Crippen LogP contribution in [0.4, 0.5) is 0 Å². The predicted molar refractivity (Wildman–Crippen MR) is 102 cm³/mol. The van der Waals surface area contributed by atoms with Crippen LogP contribution < -0.4 is 0 Å². The molecule has 1 N–H and O–H groups in total. The van der Waals surface area contributed by atoms with Crippen molar-refractivity contribution in [3.63, 3.8) is 0 Å². The molecule has 0 saturated heterocycles. The van der Waals surface area contributed by atoms with Crippen LogP contribution in [0.3, 0.4) is 0 Å². The quantitative estimate of drug-likeness (QED) is 0.440. The van der Waals surface area contributed by atoms with Gasteiger partial charge in [0, 0.05) is 0 Å². The molecule has 24 heavy (non-hydrogen) atoms. The lowest BCUT2D eigenvalue weighted by Crippen LogP contribution is -1.86. The maximum atomic E-state index is 10.1. The Morgan fingerprint density at radius 1 is 0.792 bits per heavy atom. The van der Waals surface area contributed by atoms with E-state index in [1.807, 2.05) is 12.1 Å². The summed E-state index contributed by atoms with van der Waals surface area (Å²) in [5.41, 5.74) is 2.55. The van der Waals surface area contributed by atoms with Gasteiger partial charge in [0.2, 0.25) is 0 Å². The second-order valence-electron chi connectivity index (χ2n) is 5.61. The van der Waals surface area contributed by atoms with Crippen molar-refractivity contribution in [2.24, 2.45) is 0 Å². The molecule has 0 bridgehead atoms. The highest BCUT2D eigenvalue weighted by atomic mass is 31.1. The van der Waals surface area contributed by atoms with E-state index in [4.69, 9.17) is 4.89 Å². The smallest absolute Gasteiger partial charge is 0.316 e. The summed E-state index contributed by atoms with van der Waals surface area (Å²) >= 11 is 0. The lowest BCUT2D eigenvalue weighted by atomic mass is 10.1. The van der Waals surface area contributed by atoms with Crippen LogP contribution in [0.1, 0.15) is 45.4 Å². The van der Waals surface area contributed by atoms with Crippen LogP contribution in [0.5, 0.6) is 0 Å². The molecule has 0 aliphatic rings. The third-order valence-corrected chi connectivity index (χ3v) is 4.06. The molecule has 0 aliphatic heterocycles. The van der Waals surface area contributed by atoms with Gasteiger partial charge >= 0.3 is 8.25 Å². The van der Waals surface area contributed by atoms with Gasteiger partial charge in [0.05, 0.1) is 6.61 Å². The summed E-state index contributed by atoms with van der Waals surface area (Å²) in [4.78, 5) is 8.32. The van der Waals surface area contributed by atoms with Gasteiger partial charge in [-0.05, 0) is 17.5 Å². The van der Waals surface area contributed by atoms with Gasteiger partial charge in [-0.15, -0.1) is 0 Å². The Labute approximate surface area is 146 Å². The number of hydrogen-bond acceptors (Lipinski definition) is 2. The van der Waals surface area contributed by atoms with Crippen LogP contribution in [0.25, 0.3) is 11.1 Å². The van der Waals surface area contributed by atoms with E-state index in [1.165, 1.54) is 36.8 Å². The molecule has 4 heteroatoms. The average Bonchev–Trinajstić information content (AvgIpc) is 2.63. The second-order valence-corrected chi connectivity index (χ2v) is 6.43.